The Morgan fingerprint density at radius 3 is 2.62 bits per heavy atom. The van der Waals surface area contributed by atoms with Crippen molar-refractivity contribution >= 4 is 0 Å². The summed E-state index contributed by atoms with van der Waals surface area (Å²) in [6, 6.07) is 6.74. The van der Waals surface area contributed by atoms with Crippen LogP contribution in [0.15, 0.2) is 24.3 Å². The molecular weight excluding hydrogens is 205 g/mol. The van der Waals surface area contributed by atoms with Crippen LogP contribution in [0.4, 0.5) is 4.39 Å². The Morgan fingerprint density at radius 1 is 1.38 bits per heavy atom. The predicted octanol–water partition coefficient (Wildman–Crippen LogP) is 2.90. The van der Waals surface area contributed by atoms with Crippen molar-refractivity contribution in [2.75, 3.05) is 13.7 Å². The molecule has 0 aliphatic carbocycles. The van der Waals surface area contributed by atoms with E-state index in [9.17, 15) is 4.39 Å². The van der Waals surface area contributed by atoms with Crippen LogP contribution < -0.4 is 5.32 Å². The van der Waals surface area contributed by atoms with Gasteiger partial charge < -0.3 is 10.1 Å². The predicted molar refractivity (Wildman–Crippen MR) is 63.9 cm³/mol. The van der Waals surface area contributed by atoms with Gasteiger partial charge in [0.2, 0.25) is 0 Å². The second-order valence-corrected chi connectivity index (χ2v) is 3.77. The second kappa shape index (κ2) is 6.61. The summed E-state index contributed by atoms with van der Waals surface area (Å²) in [5, 5.41) is 3.34. The number of benzene rings is 1. The number of methoxy groups -OCH3 is 1. The molecule has 1 aromatic carbocycles. The molecule has 0 spiro atoms. The van der Waals surface area contributed by atoms with E-state index in [0.29, 0.717) is 0 Å². The molecule has 2 atom stereocenters. The SMILES string of the molecule is CCNC(c1cccc(F)c1)C(CC)OC. The zero-order valence-electron chi connectivity index (χ0n) is 10.2. The first kappa shape index (κ1) is 13.1. The van der Waals surface area contributed by atoms with Gasteiger partial charge in [-0.1, -0.05) is 26.0 Å². The van der Waals surface area contributed by atoms with Crippen molar-refractivity contribution in [1.82, 2.24) is 5.32 Å². The Kier molecular flexibility index (Phi) is 5.43. The molecule has 0 saturated carbocycles. The van der Waals surface area contributed by atoms with Gasteiger partial charge in [0.15, 0.2) is 0 Å². The minimum Gasteiger partial charge on any atom is -0.379 e. The van der Waals surface area contributed by atoms with Crippen LogP contribution >= 0.6 is 0 Å². The van der Waals surface area contributed by atoms with Gasteiger partial charge >= 0.3 is 0 Å². The fourth-order valence-corrected chi connectivity index (χ4v) is 1.92. The molecule has 16 heavy (non-hydrogen) atoms. The Morgan fingerprint density at radius 2 is 2.12 bits per heavy atom. The molecule has 1 N–H and O–H groups in total. The summed E-state index contributed by atoms with van der Waals surface area (Å²) >= 11 is 0. The van der Waals surface area contributed by atoms with Crippen LogP contribution in [0.1, 0.15) is 31.9 Å². The minimum absolute atomic E-state index is 0.0516. The number of halogens is 1. The highest BCUT2D eigenvalue weighted by Crippen LogP contribution is 2.21. The van der Waals surface area contributed by atoms with Crippen LogP contribution in [0.5, 0.6) is 0 Å². The third-order valence-electron chi connectivity index (χ3n) is 2.71. The largest absolute Gasteiger partial charge is 0.379 e. The first-order chi connectivity index (χ1) is 7.72. The lowest BCUT2D eigenvalue weighted by atomic mass is 9.99. The van der Waals surface area contributed by atoms with Crippen molar-refractivity contribution in [3.05, 3.63) is 35.6 Å². The zero-order chi connectivity index (χ0) is 12.0. The number of likely N-dealkylation sites (N-methyl/N-ethyl adjacent to an activating group) is 1. The summed E-state index contributed by atoms with van der Waals surface area (Å²) in [7, 11) is 1.69. The van der Waals surface area contributed by atoms with Crippen LogP contribution in [0.25, 0.3) is 0 Å². The summed E-state index contributed by atoms with van der Waals surface area (Å²) in [5.74, 6) is -0.202. The van der Waals surface area contributed by atoms with E-state index >= 15 is 0 Å². The van der Waals surface area contributed by atoms with Crippen molar-refractivity contribution in [3.8, 4) is 0 Å². The lowest BCUT2D eigenvalue weighted by Gasteiger charge is -2.26. The van der Waals surface area contributed by atoms with Crippen molar-refractivity contribution in [3.63, 3.8) is 0 Å². The smallest absolute Gasteiger partial charge is 0.123 e. The number of ether oxygens (including phenoxy) is 1. The maximum Gasteiger partial charge on any atom is 0.123 e. The fourth-order valence-electron chi connectivity index (χ4n) is 1.92. The first-order valence-electron chi connectivity index (χ1n) is 5.74. The van der Waals surface area contributed by atoms with Gasteiger partial charge in [0, 0.05) is 7.11 Å². The molecule has 0 aromatic heterocycles. The third-order valence-corrected chi connectivity index (χ3v) is 2.71. The minimum atomic E-state index is -0.202. The van der Waals surface area contributed by atoms with E-state index in [1.807, 2.05) is 13.0 Å². The van der Waals surface area contributed by atoms with Crippen LogP contribution in [0, 0.1) is 5.82 Å². The molecule has 0 fully saturated rings. The van der Waals surface area contributed by atoms with Crippen molar-refractivity contribution < 1.29 is 9.13 Å². The summed E-state index contributed by atoms with van der Waals surface area (Å²) in [5.41, 5.74) is 0.940. The number of nitrogens with one attached hydrogen (secondary N) is 1. The molecule has 90 valence electrons. The summed E-state index contributed by atoms with van der Waals surface area (Å²) in [4.78, 5) is 0. The fraction of sp³-hybridized carbons (Fsp3) is 0.538. The van der Waals surface area contributed by atoms with Crippen LogP contribution in [0.2, 0.25) is 0 Å². The Balaban J connectivity index is 2.91. The maximum absolute atomic E-state index is 13.2. The first-order valence-corrected chi connectivity index (χ1v) is 5.74. The van der Waals surface area contributed by atoms with Crippen molar-refractivity contribution in [2.45, 2.75) is 32.4 Å². The normalized spacial score (nSPS) is 14.8. The molecule has 2 unspecified atom stereocenters. The van der Waals surface area contributed by atoms with E-state index in [-0.39, 0.29) is 18.0 Å². The molecule has 1 rings (SSSR count). The zero-order valence-corrected chi connectivity index (χ0v) is 10.2. The van der Waals surface area contributed by atoms with Gasteiger partial charge in [-0.15, -0.1) is 0 Å². The average molecular weight is 225 g/mol. The average Bonchev–Trinajstić information content (AvgIpc) is 2.29. The summed E-state index contributed by atoms with van der Waals surface area (Å²) < 4.78 is 18.6. The molecule has 0 aliphatic heterocycles. The Hall–Kier alpha value is -0.930. The highest BCUT2D eigenvalue weighted by molar-refractivity contribution is 5.21. The van der Waals surface area contributed by atoms with Gasteiger partial charge in [-0.25, -0.2) is 4.39 Å². The van der Waals surface area contributed by atoms with Crippen molar-refractivity contribution in [1.29, 1.82) is 0 Å². The van der Waals surface area contributed by atoms with Crippen molar-refractivity contribution in [2.24, 2.45) is 0 Å². The van der Waals surface area contributed by atoms with Crippen LogP contribution in [-0.4, -0.2) is 19.8 Å². The maximum atomic E-state index is 13.2. The Labute approximate surface area is 96.8 Å². The van der Waals surface area contributed by atoms with E-state index in [2.05, 4.69) is 12.2 Å². The molecule has 2 nitrogen and oxygen atoms in total. The van der Waals surface area contributed by atoms with Crippen LogP contribution in [0.3, 0.4) is 0 Å². The molecule has 0 heterocycles. The van der Waals surface area contributed by atoms with E-state index in [4.69, 9.17) is 4.74 Å². The van der Waals surface area contributed by atoms with E-state index in [0.717, 1.165) is 18.5 Å². The summed E-state index contributed by atoms with van der Waals surface area (Å²) in [6.45, 7) is 4.94. The quantitative estimate of drug-likeness (QED) is 0.803. The third kappa shape index (κ3) is 3.29. The number of rotatable bonds is 6. The van der Waals surface area contributed by atoms with Gasteiger partial charge in [-0.05, 0) is 30.7 Å². The topological polar surface area (TPSA) is 21.3 Å². The lowest BCUT2D eigenvalue weighted by Crippen LogP contribution is -2.32. The number of hydrogen-bond acceptors (Lipinski definition) is 2. The highest BCUT2D eigenvalue weighted by atomic mass is 19.1. The van der Waals surface area contributed by atoms with E-state index in [1.54, 1.807) is 19.2 Å². The molecule has 0 radical (unpaired) electrons. The monoisotopic (exact) mass is 225 g/mol. The molecule has 0 saturated heterocycles. The van der Waals surface area contributed by atoms with Gasteiger partial charge in [0.05, 0.1) is 12.1 Å². The van der Waals surface area contributed by atoms with E-state index in [1.165, 1.54) is 6.07 Å². The second-order valence-electron chi connectivity index (χ2n) is 3.77. The van der Waals surface area contributed by atoms with E-state index < -0.39 is 0 Å². The van der Waals surface area contributed by atoms with Gasteiger partial charge in [0.1, 0.15) is 5.82 Å². The van der Waals surface area contributed by atoms with Gasteiger partial charge in [0.25, 0.3) is 0 Å². The van der Waals surface area contributed by atoms with Crippen LogP contribution in [-0.2, 0) is 4.74 Å². The number of hydrogen-bond donors (Lipinski definition) is 1. The molecule has 0 amide bonds. The highest BCUT2D eigenvalue weighted by Gasteiger charge is 2.20. The molecular formula is C13H20FNO. The summed E-state index contributed by atoms with van der Waals surface area (Å²) in [6.07, 6.45) is 0.965. The molecule has 1 aromatic rings. The molecule has 0 aliphatic rings. The molecule has 0 bridgehead atoms. The Bertz CT molecular complexity index is 313. The lowest BCUT2D eigenvalue weighted by molar-refractivity contribution is 0.0655. The standard InChI is InChI=1S/C13H20FNO/c1-4-12(16-3)13(15-5-2)10-7-6-8-11(14)9-10/h6-9,12-13,15H,4-5H2,1-3H3. The van der Waals surface area contributed by atoms with Gasteiger partial charge in [-0.3, -0.25) is 0 Å². The van der Waals surface area contributed by atoms with Gasteiger partial charge in [-0.2, -0.15) is 0 Å². The molecule has 3 heteroatoms.